The molecule has 0 aliphatic carbocycles. The van der Waals surface area contributed by atoms with Crippen LogP contribution in [0.15, 0.2) is 36.5 Å². The van der Waals surface area contributed by atoms with Crippen molar-refractivity contribution in [3.63, 3.8) is 0 Å². The van der Waals surface area contributed by atoms with Gasteiger partial charge in [0.2, 0.25) is 0 Å². The molecule has 3 fully saturated rings. The predicted octanol–water partition coefficient (Wildman–Crippen LogP) is 3.93. The first-order valence-corrected chi connectivity index (χ1v) is 12.2. The lowest BCUT2D eigenvalue weighted by molar-refractivity contribution is 0.0652. The highest BCUT2D eigenvalue weighted by atomic mass is 19.1. The number of hydrogen-bond donors (Lipinski definition) is 0. The van der Waals surface area contributed by atoms with Crippen LogP contribution in [0.4, 0.5) is 20.3 Å². The van der Waals surface area contributed by atoms with Gasteiger partial charge in [-0.15, -0.1) is 0 Å². The van der Waals surface area contributed by atoms with Gasteiger partial charge in [0.1, 0.15) is 17.5 Å². The van der Waals surface area contributed by atoms with Gasteiger partial charge in [0, 0.05) is 55.6 Å². The molecule has 35 heavy (non-hydrogen) atoms. The first kappa shape index (κ1) is 22.2. The summed E-state index contributed by atoms with van der Waals surface area (Å²) in [4.78, 5) is 28.8. The van der Waals surface area contributed by atoms with Gasteiger partial charge >= 0.3 is 0 Å². The number of likely N-dealkylation sites (tertiary alicyclic amines) is 1. The van der Waals surface area contributed by atoms with Crippen LogP contribution in [0.2, 0.25) is 0 Å². The van der Waals surface area contributed by atoms with Gasteiger partial charge in [0.25, 0.3) is 5.91 Å². The van der Waals surface area contributed by atoms with Crippen LogP contribution in [0, 0.1) is 11.6 Å². The van der Waals surface area contributed by atoms with Crippen LogP contribution in [-0.2, 0) is 4.74 Å². The Hall–Kier alpha value is -3.33. The van der Waals surface area contributed by atoms with E-state index in [2.05, 4.69) is 4.90 Å². The van der Waals surface area contributed by atoms with Gasteiger partial charge in [-0.1, -0.05) is 0 Å². The number of halogens is 2. The number of morpholine rings is 1. The van der Waals surface area contributed by atoms with Crippen LogP contribution in [0.1, 0.15) is 41.2 Å². The van der Waals surface area contributed by atoms with Crippen LogP contribution >= 0.6 is 0 Å². The zero-order chi connectivity index (χ0) is 23.9. The summed E-state index contributed by atoms with van der Waals surface area (Å²) in [6.07, 6.45) is 4.42. The molecule has 3 saturated heterocycles. The Balaban J connectivity index is 1.47. The molecule has 0 N–H and O–H groups in total. The number of carbonyl (C=O) groups is 1. The molecule has 3 aliphatic heterocycles. The molecule has 4 heterocycles. The summed E-state index contributed by atoms with van der Waals surface area (Å²) in [6, 6.07) is 7.18. The number of fused-ring (bicyclic) bond motifs is 1. The number of anilines is 2. The third-order valence-electron chi connectivity index (χ3n) is 7.18. The minimum atomic E-state index is -0.605. The summed E-state index contributed by atoms with van der Waals surface area (Å²) in [6.45, 7) is 4.92. The quantitative estimate of drug-likeness (QED) is 0.565. The molecule has 0 radical (unpaired) electrons. The van der Waals surface area contributed by atoms with Gasteiger partial charge in [-0.05, 0) is 43.5 Å². The van der Waals surface area contributed by atoms with E-state index >= 15 is 0 Å². The smallest absolute Gasteiger partial charge is 0.253 e. The lowest BCUT2D eigenvalue weighted by atomic mass is 9.98. The minimum Gasteiger partial charge on any atom is -0.378 e. The van der Waals surface area contributed by atoms with Crippen LogP contribution in [-0.4, -0.2) is 66.7 Å². The number of carbonyl (C=O) groups excluding carboxylic acids is 1. The van der Waals surface area contributed by atoms with Crippen molar-refractivity contribution in [2.24, 2.45) is 0 Å². The maximum atomic E-state index is 14.1. The second-order valence-corrected chi connectivity index (χ2v) is 9.39. The Morgan fingerprint density at radius 3 is 2.43 bits per heavy atom. The molecule has 9 heteroatoms. The summed E-state index contributed by atoms with van der Waals surface area (Å²) < 4.78 is 33.6. The van der Waals surface area contributed by atoms with Crippen molar-refractivity contribution in [3.05, 3.63) is 59.3 Å². The number of aromatic nitrogens is 2. The highest BCUT2D eigenvalue weighted by molar-refractivity contribution is 5.99. The maximum absolute atomic E-state index is 14.1. The molecule has 7 nitrogen and oxygen atoms in total. The molecule has 0 saturated carbocycles. The SMILES string of the molecule is O=C(c1cc(C2CCCN2c2cc(F)cc(F)c2)c2nc(N3CCOCC3)cnc2c1)N1CCC1. The second kappa shape index (κ2) is 9.03. The Kier molecular flexibility index (Phi) is 5.72. The van der Waals surface area contributed by atoms with Crippen molar-refractivity contribution >= 4 is 28.4 Å². The molecule has 3 aliphatic rings. The number of amides is 1. The normalized spacial score (nSPS) is 20.4. The standard InChI is InChI=1S/C26H27F2N5O2/c27-18-13-19(28)15-20(14-18)33-6-1-3-23(33)21-11-17(26(34)32-4-2-5-32)12-22-25(21)30-24(16-29-22)31-7-9-35-10-8-31/h11-16,23H,1-10H2. The van der Waals surface area contributed by atoms with E-state index in [0.717, 1.165) is 68.4 Å². The van der Waals surface area contributed by atoms with E-state index in [0.29, 0.717) is 36.5 Å². The zero-order valence-corrected chi connectivity index (χ0v) is 19.4. The van der Waals surface area contributed by atoms with Crippen molar-refractivity contribution in [2.75, 3.05) is 55.7 Å². The number of nitrogens with zero attached hydrogens (tertiary/aromatic N) is 5. The average Bonchev–Trinajstić information content (AvgIpc) is 3.32. The Morgan fingerprint density at radius 2 is 1.71 bits per heavy atom. The van der Waals surface area contributed by atoms with E-state index in [4.69, 9.17) is 14.7 Å². The van der Waals surface area contributed by atoms with Gasteiger partial charge in [-0.2, -0.15) is 0 Å². The fourth-order valence-corrected chi connectivity index (χ4v) is 5.26. The van der Waals surface area contributed by atoms with E-state index in [1.54, 1.807) is 6.20 Å². The molecule has 0 bridgehead atoms. The molecule has 0 spiro atoms. The average molecular weight is 480 g/mol. The van der Waals surface area contributed by atoms with Gasteiger partial charge in [0.05, 0.1) is 36.5 Å². The van der Waals surface area contributed by atoms with Crippen LogP contribution in [0.25, 0.3) is 11.0 Å². The fourth-order valence-electron chi connectivity index (χ4n) is 5.26. The van der Waals surface area contributed by atoms with E-state index in [-0.39, 0.29) is 11.9 Å². The molecule has 1 amide bonds. The third kappa shape index (κ3) is 4.18. The monoisotopic (exact) mass is 479 g/mol. The second-order valence-electron chi connectivity index (χ2n) is 9.39. The molecule has 6 rings (SSSR count). The molecule has 3 aromatic rings. The van der Waals surface area contributed by atoms with Crippen molar-refractivity contribution in [1.29, 1.82) is 0 Å². The number of benzene rings is 2. The molecular formula is C26H27F2N5O2. The summed E-state index contributed by atoms with van der Waals surface area (Å²) in [5, 5.41) is 0. The molecule has 1 aromatic heterocycles. The number of hydrogen-bond acceptors (Lipinski definition) is 6. The predicted molar refractivity (Wildman–Crippen MR) is 129 cm³/mol. The lowest BCUT2D eigenvalue weighted by Crippen LogP contribution is -2.42. The van der Waals surface area contributed by atoms with Crippen LogP contribution < -0.4 is 9.80 Å². The molecular weight excluding hydrogens is 452 g/mol. The van der Waals surface area contributed by atoms with Crippen molar-refractivity contribution in [2.45, 2.75) is 25.3 Å². The van der Waals surface area contributed by atoms with E-state index in [1.165, 1.54) is 12.1 Å². The van der Waals surface area contributed by atoms with Crippen LogP contribution in [0.5, 0.6) is 0 Å². The third-order valence-corrected chi connectivity index (χ3v) is 7.18. The van der Waals surface area contributed by atoms with Gasteiger partial charge in [0.15, 0.2) is 0 Å². The Bertz CT molecular complexity index is 1260. The first-order valence-electron chi connectivity index (χ1n) is 12.2. The molecule has 1 atom stereocenters. The Morgan fingerprint density at radius 1 is 0.943 bits per heavy atom. The van der Waals surface area contributed by atoms with Gasteiger partial charge < -0.3 is 19.4 Å². The van der Waals surface area contributed by atoms with Gasteiger partial charge in [-0.25, -0.2) is 13.8 Å². The van der Waals surface area contributed by atoms with Crippen molar-refractivity contribution in [3.8, 4) is 0 Å². The molecule has 1 unspecified atom stereocenters. The number of rotatable bonds is 4. The van der Waals surface area contributed by atoms with E-state index in [9.17, 15) is 13.6 Å². The Labute approximate surface area is 202 Å². The van der Waals surface area contributed by atoms with Gasteiger partial charge in [-0.3, -0.25) is 9.78 Å². The maximum Gasteiger partial charge on any atom is 0.253 e. The first-order chi connectivity index (χ1) is 17.1. The summed E-state index contributed by atoms with van der Waals surface area (Å²) in [5.41, 5.74) is 3.33. The van der Waals surface area contributed by atoms with Crippen molar-refractivity contribution in [1.82, 2.24) is 14.9 Å². The lowest BCUT2D eigenvalue weighted by Gasteiger charge is -2.32. The van der Waals surface area contributed by atoms with E-state index in [1.807, 2.05) is 21.9 Å². The zero-order valence-electron chi connectivity index (χ0n) is 19.4. The fraction of sp³-hybridized carbons (Fsp3) is 0.423. The largest absolute Gasteiger partial charge is 0.378 e. The molecule has 182 valence electrons. The topological polar surface area (TPSA) is 61.8 Å². The van der Waals surface area contributed by atoms with Crippen molar-refractivity contribution < 1.29 is 18.3 Å². The summed E-state index contributed by atoms with van der Waals surface area (Å²) in [7, 11) is 0. The van der Waals surface area contributed by atoms with E-state index < -0.39 is 11.6 Å². The summed E-state index contributed by atoms with van der Waals surface area (Å²) in [5.74, 6) is -0.455. The summed E-state index contributed by atoms with van der Waals surface area (Å²) >= 11 is 0. The number of ether oxygens (including phenoxy) is 1. The highest BCUT2D eigenvalue weighted by Crippen LogP contribution is 2.40. The van der Waals surface area contributed by atoms with Crippen LogP contribution in [0.3, 0.4) is 0 Å². The minimum absolute atomic E-state index is 0.0141. The molecule has 2 aromatic carbocycles. The highest BCUT2D eigenvalue weighted by Gasteiger charge is 2.31.